The van der Waals surface area contributed by atoms with Gasteiger partial charge in [-0.05, 0) is 57.8 Å². The van der Waals surface area contributed by atoms with Crippen molar-refractivity contribution in [2.45, 2.75) is 446 Å². The van der Waals surface area contributed by atoms with Crippen LogP contribution in [-0.2, 0) is 33.2 Å². The number of aliphatic hydroxyl groups excluding tert-OH is 11. The van der Waals surface area contributed by atoms with Crippen molar-refractivity contribution >= 4 is 5.91 Å². The Kier molecular flexibility index (Phi) is 60.0. The van der Waals surface area contributed by atoms with Crippen LogP contribution >= 0.6 is 0 Å². The molecule has 1 amide bonds. The molecule has 0 bridgehead atoms. The third-order valence-corrected chi connectivity index (χ3v) is 21.1. The van der Waals surface area contributed by atoms with Gasteiger partial charge in [0.1, 0.15) is 73.2 Å². The summed E-state index contributed by atoms with van der Waals surface area (Å²) in [6.07, 6.45) is 57.8. The number of allylic oxidation sites excluding steroid dienone is 9. The van der Waals surface area contributed by atoms with Gasteiger partial charge in [0, 0.05) is 6.42 Å². The standard InChI is InChI=1S/C85H155NO18/c1-3-5-7-9-11-13-15-17-19-21-23-25-27-29-31-32-33-34-35-36-37-39-41-43-45-47-49-51-53-55-57-59-61-63-73(91)86-68(69(90)62-60-58-56-54-52-50-48-46-44-42-40-38-30-28-26-24-22-20-18-16-14-12-10-8-6-4-2)67-99-83-79(97)76(94)81(71(65-88)101-83)104-85-80(98)77(95)82(72(66-89)102-85)103-84-78(96)75(93)74(92)70(64-87)100-84/h5,7,11,13,17,19,23,25,60,62,68-72,74-85,87-90,92-98H,3-4,6,8-10,12,14-16,18,20-22,24,26-59,61,63-67H2,1-2H3,(H,86,91)/b7-5-,13-11-,19-17-,25-23-,62-60+. The summed E-state index contributed by atoms with van der Waals surface area (Å²) < 4.78 is 34.5. The molecule has 3 saturated heterocycles. The summed E-state index contributed by atoms with van der Waals surface area (Å²) in [5.74, 6) is -0.270. The van der Waals surface area contributed by atoms with Crippen LogP contribution in [0.25, 0.3) is 0 Å². The fraction of sp³-hybridized carbons (Fsp3) is 0.871. The fourth-order valence-electron chi connectivity index (χ4n) is 14.3. The zero-order chi connectivity index (χ0) is 75.3. The summed E-state index contributed by atoms with van der Waals surface area (Å²) in [7, 11) is 0. The van der Waals surface area contributed by atoms with Crippen molar-refractivity contribution < 1.29 is 89.4 Å². The van der Waals surface area contributed by atoms with E-state index in [0.717, 1.165) is 70.6 Å². The highest BCUT2D eigenvalue weighted by Crippen LogP contribution is 2.33. The van der Waals surface area contributed by atoms with E-state index < -0.39 is 124 Å². The van der Waals surface area contributed by atoms with Crippen LogP contribution in [0, 0.1) is 0 Å². The van der Waals surface area contributed by atoms with Gasteiger partial charge in [-0.1, -0.05) is 338 Å². The highest BCUT2D eigenvalue weighted by atomic mass is 16.8. The van der Waals surface area contributed by atoms with Crippen molar-refractivity contribution in [2.24, 2.45) is 0 Å². The van der Waals surface area contributed by atoms with Crippen LogP contribution in [-0.4, -0.2) is 193 Å². The molecule has 0 aromatic rings. The van der Waals surface area contributed by atoms with Gasteiger partial charge in [-0.2, -0.15) is 0 Å². The minimum absolute atomic E-state index is 0.245. The van der Waals surface area contributed by atoms with E-state index in [1.807, 2.05) is 6.08 Å². The highest BCUT2D eigenvalue weighted by Gasteiger charge is 2.54. The third kappa shape index (κ3) is 44.4. The maximum atomic E-state index is 13.5. The lowest BCUT2D eigenvalue weighted by Crippen LogP contribution is -2.66. The Labute approximate surface area is 630 Å². The first kappa shape index (κ1) is 95.7. The summed E-state index contributed by atoms with van der Waals surface area (Å²) in [5, 5.41) is 121. The average molecular weight is 1480 g/mol. The van der Waals surface area contributed by atoms with Crippen molar-refractivity contribution in [3.63, 3.8) is 0 Å². The lowest BCUT2D eigenvalue weighted by atomic mass is 9.96. The molecule has 0 aromatic heterocycles. The molecule has 3 aliphatic heterocycles. The first-order chi connectivity index (χ1) is 50.8. The Morgan fingerprint density at radius 2 is 0.663 bits per heavy atom. The molecule has 17 atom stereocenters. The molecule has 17 unspecified atom stereocenters. The van der Waals surface area contributed by atoms with Crippen molar-refractivity contribution in [1.29, 1.82) is 0 Å². The largest absolute Gasteiger partial charge is 0.394 e. The number of ether oxygens (including phenoxy) is 6. The predicted octanol–water partition coefficient (Wildman–Crippen LogP) is 15.0. The Morgan fingerprint density at radius 1 is 0.356 bits per heavy atom. The number of amides is 1. The average Bonchev–Trinajstić information content (AvgIpc) is 0.783. The molecule has 0 radical (unpaired) electrons. The van der Waals surface area contributed by atoms with Crippen molar-refractivity contribution in [2.75, 3.05) is 26.4 Å². The molecule has 3 aliphatic rings. The van der Waals surface area contributed by atoms with Crippen molar-refractivity contribution in [1.82, 2.24) is 5.32 Å². The lowest BCUT2D eigenvalue weighted by molar-refractivity contribution is -0.379. The van der Waals surface area contributed by atoms with E-state index >= 15 is 0 Å². The zero-order valence-corrected chi connectivity index (χ0v) is 65.3. The molecule has 19 nitrogen and oxygen atoms in total. The lowest BCUT2D eigenvalue weighted by Gasteiger charge is -2.48. The van der Waals surface area contributed by atoms with E-state index in [-0.39, 0.29) is 18.9 Å². The number of carbonyl (C=O) groups excluding carboxylic acids is 1. The van der Waals surface area contributed by atoms with E-state index in [9.17, 15) is 61.0 Å². The Balaban J connectivity index is 1.35. The van der Waals surface area contributed by atoms with Gasteiger partial charge in [0.05, 0.1) is 38.6 Å². The summed E-state index contributed by atoms with van der Waals surface area (Å²) in [6, 6.07) is -0.975. The number of carbonyl (C=O) groups is 1. The van der Waals surface area contributed by atoms with Crippen LogP contribution in [0.4, 0.5) is 0 Å². The van der Waals surface area contributed by atoms with Gasteiger partial charge >= 0.3 is 0 Å². The van der Waals surface area contributed by atoms with Crippen LogP contribution in [0.3, 0.4) is 0 Å². The second-order valence-electron chi connectivity index (χ2n) is 30.3. The number of nitrogens with one attached hydrogen (secondary N) is 1. The van der Waals surface area contributed by atoms with Gasteiger partial charge in [0.25, 0.3) is 0 Å². The van der Waals surface area contributed by atoms with Gasteiger partial charge in [0.15, 0.2) is 18.9 Å². The topological polar surface area (TPSA) is 307 Å². The predicted molar refractivity (Wildman–Crippen MR) is 415 cm³/mol. The van der Waals surface area contributed by atoms with Crippen LogP contribution in [0.2, 0.25) is 0 Å². The van der Waals surface area contributed by atoms with Gasteiger partial charge in [-0.3, -0.25) is 4.79 Å². The van der Waals surface area contributed by atoms with Crippen LogP contribution in [0.15, 0.2) is 60.8 Å². The first-order valence-corrected chi connectivity index (χ1v) is 42.5. The minimum atomic E-state index is -1.98. The molecule has 12 N–H and O–H groups in total. The van der Waals surface area contributed by atoms with Gasteiger partial charge < -0.3 is 89.9 Å². The first-order valence-electron chi connectivity index (χ1n) is 42.5. The van der Waals surface area contributed by atoms with E-state index in [4.69, 9.17) is 28.4 Å². The van der Waals surface area contributed by atoms with Gasteiger partial charge in [-0.25, -0.2) is 0 Å². The molecular formula is C85H155NO18. The number of hydrogen-bond donors (Lipinski definition) is 12. The second kappa shape index (κ2) is 65.2. The number of hydrogen-bond acceptors (Lipinski definition) is 18. The number of unbranched alkanes of at least 4 members (excludes halogenated alkanes) is 44. The van der Waals surface area contributed by atoms with Gasteiger partial charge in [0.2, 0.25) is 5.91 Å². The molecular weight excluding hydrogens is 1320 g/mol. The van der Waals surface area contributed by atoms with Crippen LogP contribution in [0.5, 0.6) is 0 Å². The SMILES string of the molecule is CC/C=C\C/C=C\C/C=C\C/C=C\CCCCCCCCCCCCCCCCCCCCCCC(=O)NC(COC1OC(CO)C(OC2OC(CO)C(OC3OC(CO)C(O)C(O)C3O)C(O)C2O)C(O)C1O)C(O)/C=C/CCCCCCCCCCCCCCCCCCCCCCCCCC. The summed E-state index contributed by atoms with van der Waals surface area (Å²) in [6.45, 7) is 1.68. The van der Waals surface area contributed by atoms with Crippen molar-refractivity contribution in [3.8, 4) is 0 Å². The van der Waals surface area contributed by atoms with Crippen LogP contribution < -0.4 is 5.32 Å². The molecule has 3 heterocycles. The zero-order valence-electron chi connectivity index (χ0n) is 65.3. The van der Waals surface area contributed by atoms with E-state index in [1.165, 1.54) is 244 Å². The summed E-state index contributed by atoms with van der Waals surface area (Å²) in [5.41, 5.74) is 0. The highest BCUT2D eigenvalue weighted by molar-refractivity contribution is 5.76. The minimum Gasteiger partial charge on any atom is -0.394 e. The monoisotopic (exact) mass is 1480 g/mol. The molecule has 3 rings (SSSR count). The molecule has 0 saturated carbocycles. The summed E-state index contributed by atoms with van der Waals surface area (Å²) >= 11 is 0. The third-order valence-electron chi connectivity index (χ3n) is 21.1. The molecule has 0 aromatic carbocycles. The van der Waals surface area contributed by atoms with Gasteiger partial charge in [-0.15, -0.1) is 0 Å². The normalized spacial score (nSPS) is 26.2. The molecule has 0 aliphatic carbocycles. The number of aliphatic hydroxyl groups is 11. The van der Waals surface area contributed by atoms with E-state index in [2.05, 4.69) is 67.8 Å². The smallest absolute Gasteiger partial charge is 0.220 e. The van der Waals surface area contributed by atoms with E-state index in [0.29, 0.717) is 6.42 Å². The maximum absolute atomic E-state index is 13.5. The second-order valence-corrected chi connectivity index (χ2v) is 30.3. The molecule has 3 fully saturated rings. The Bertz CT molecular complexity index is 2110. The van der Waals surface area contributed by atoms with Crippen molar-refractivity contribution in [3.05, 3.63) is 60.8 Å². The molecule has 0 spiro atoms. The maximum Gasteiger partial charge on any atom is 0.220 e. The molecule has 19 heteroatoms. The Hall–Kier alpha value is -2.51. The quantitative estimate of drug-likeness (QED) is 0.0199. The number of rotatable bonds is 68. The van der Waals surface area contributed by atoms with Crippen LogP contribution in [0.1, 0.15) is 341 Å². The summed E-state index contributed by atoms with van der Waals surface area (Å²) in [4.78, 5) is 13.5. The molecule has 608 valence electrons. The molecule has 104 heavy (non-hydrogen) atoms. The Morgan fingerprint density at radius 3 is 1.04 bits per heavy atom. The van der Waals surface area contributed by atoms with E-state index in [1.54, 1.807) is 6.08 Å². The fourth-order valence-corrected chi connectivity index (χ4v) is 14.3.